The van der Waals surface area contributed by atoms with E-state index in [2.05, 4.69) is 27.5 Å². The van der Waals surface area contributed by atoms with Gasteiger partial charge in [0, 0.05) is 24.6 Å². The van der Waals surface area contributed by atoms with E-state index in [1.54, 1.807) is 0 Å². The van der Waals surface area contributed by atoms with E-state index in [0.717, 1.165) is 29.9 Å². The van der Waals surface area contributed by atoms with Gasteiger partial charge in [0.15, 0.2) is 0 Å². The van der Waals surface area contributed by atoms with Crippen LogP contribution in [0.5, 0.6) is 0 Å². The fraction of sp³-hybridized carbons (Fsp3) is 0.467. The van der Waals surface area contributed by atoms with Gasteiger partial charge in [-0.25, -0.2) is 4.98 Å². The molecule has 108 valence electrons. The molecule has 0 radical (unpaired) electrons. The molecule has 1 unspecified atom stereocenters. The van der Waals surface area contributed by atoms with Crippen molar-refractivity contribution in [3.63, 3.8) is 0 Å². The number of hydrogen-bond acceptors (Lipinski definition) is 5. The van der Waals surface area contributed by atoms with Crippen LogP contribution in [0.1, 0.15) is 20.8 Å². The van der Waals surface area contributed by atoms with E-state index in [1.165, 1.54) is 0 Å². The standard InChI is InChI=1S/C15H22N4O/c1-4-16-15-18-13-9-7-6-8-12(13)14(19-15)17-11(3)10-20-5-2/h6-9,11H,4-5,10H2,1-3H3,(H2,16,17,18,19). The van der Waals surface area contributed by atoms with Crippen molar-refractivity contribution >= 4 is 22.7 Å². The number of para-hydroxylation sites is 1. The highest BCUT2D eigenvalue weighted by atomic mass is 16.5. The molecule has 1 aromatic carbocycles. The van der Waals surface area contributed by atoms with Crippen molar-refractivity contribution in [1.82, 2.24) is 9.97 Å². The lowest BCUT2D eigenvalue weighted by molar-refractivity contribution is 0.141. The molecule has 1 aromatic heterocycles. The second-order valence-corrected chi connectivity index (χ2v) is 4.65. The Labute approximate surface area is 119 Å². The Balaban J connectivity index is 2.29. The molecule has 0 amide bonds. The van der Waals surface area contributed by atoms with Crippen molar-refractivity contribution in [2.75, 3.05) is 30.4 Å². The number of rotatable bonds is 7. The number of hydrogen-bond donors (Lipinski definition) is 2. The van der Waals surface area contributed by atoms with Crippen LogP contribution in [-0.2, 0) is 4.74 Å². The summed E-state index contributed by atoms with van der Waals surface area (Å²) < 4.78 is 5.44. The molecule has 2 rings (SSSR count). The maximum atomic E-state index is 5.44. The van der Waals surface area contributed by atoms with E-state index < -0.39 is 0 Å². The third kappa shape index (κ3) is 3.57. The van der Waals surface area contributed by atoms with Crippen LogP contribution in [0.2, 0.25) is 0 Å². The molecule has 20 heavy (non-hydrogen) atoms. The summed E-state index contributed by atoms with van der Waals surface area (Å²) in [4.78, 5) is 9.05. The van der Waals surface area contributed by atoms with Crippen LogP contribution in [-0.4, -0.2) is 35.8 Å². The van der Waals surface area contributed by atoms with Gasteiger partial charge in [0.2, 0.25) is 5.95 Å². The van der Waals surface area contributed by atoms with Gasteiger partial charge in [0.25, 0.3) is 0 Å². The quantitative estimate of drug-likeness (QED) is 0.813. The van der Waals surface area contributed by atoms with Crippen LogP contribution in [0.15, 0.2) is 24.3 Å². The smallest absolute Gasteiger partial charge is 0.225 e. The molecule has 0 saturated heterocycles. The predicted molar refractivity (Wildman–Crippen MR) is 83.3 cm³/mol. The highest BCUT2D eigenvalue weighted by molar-refractivity contribution is 5.90. The Morgan fingerprint density at radius 2 is 2.00 bits per heavy atom. The highest BCUT2D eigenvalue weighted by Crippen LogP contribution is 2.22. The largest absolute Gasteiger partial charge is 0.380 e. The number of nitrogens with one attached hydrogen (secondary N) is 2. The molecular weight excluding hydrogens is 252 g/mol. The van der Waals surface area contributed by atoms with E-state index >= 15 is 0 Å². The first-order chi connectivity index (χ1) is 9.74. The lowest BCUT2D eigenvalue weighted by Gasteiger charge is -2.16. The molecule has 0 saturated carbocycles. The van der Waals surface area contributed by atoms with Gasteiger partial charge in [-0.1, -0.05) is 12.1 Å². The van der Waals surface area contributed by atoms with Gasteiger partial charge in [0.1, 0.15) is 5.82 Å². The Kier molecular flexibility index (Phi) is 5.12. The first-order valence-electron chi connectivity index (χ1n) is 7.09. The van der Waals surface area contributed by atoms with Crippen molar-refractivity contribution in [2.45, 2.75) is 26.8 Å². The molecule has 2 N–H and O–H groups in total. The first-order valence-corrected chi connectivity index (χ1v) is 7.09. The molecule has 1 heterocycles. The third-order valence-corrected chi connectivity index (χ3v) is 2.89. The molecule has 0 spiro atoms. The second-order valence-electron chi connectivity index (χ2n) is 4.65. The Hall–Kier alpha value is -1.88. The summed E-state index contributed by atoms with van der Waals surface area (Å²) in [6, 6.07) is 8.20. The van der Waals surface area contributed by atoms with Crippen LogP contribution >= 0.6 is 0 Å². The zero-order chi connectivity index (χ0) is 14.4. The molecule has 2 aromatic rings. The molecule has 5 nitrogen and oxygen atoms in total. The average Bonchev–Trinajstić information content (AvgIpc) is 2.45. The highest BCUT2D eigenvalue weighted by Gasteiger charge is 2.09. The van der Waals surface area contributed by atoms with Crippen molar-refractivity contribution < 1.29 is 4.74 Å². The van der Waals surface area contributed by atoms with Crippen molar-refractivity contribution in [2.24, 2.45) is 0 Å². The van der Waals surface area contributed by atoms with Crippen LogP contribution in [0.3, 0.4) is 0 Å². The van der Waals surface area contributed by atoms with Crippen molar-refractivity contribution in [3.8, 4) is 0 Å². The zero-order valence-electron chi connectivity index (χ0n) is 12.3. The van der Waals surface area contributed by atoms with Gasteiger partial charge in [-0.3, -0.25) is 0 Å². The van der Waals surface area contributed by atoms with Crippen LogP contribution in [0.4, 0.5) is 11.8 Å². The van der Waals surface area contributed by atoms with Crippen LogP contribution in [0.25, 0.3) is 10.9 Å². The Bertz CT molecular complexity index is 559. The minimum atomic E-state index is 0.197. The third-order valence-electron chi connectivity index (χ3n) is 2.89. The summed E-state index contributed by atoms with van der Waals surface area (Å²) in [5.74, 6) is 1.50. The SMILES string of the molecule is CCNc1nc(NC(C)COCC)c2ccccc2n1. The lowest BCUT2D eigenvalue weighted by atomic mass is 10.2. The molecule has 0 aliphatic heterocycles. The van der Waals surface area contributed by atoms with E-state index in [9.17, 15) is 0 Å². The summed E-state index contributed by atoms with van der Waals surface area (Å²) in [6.07, 6.45) is 0. The van der Waals surface area contributed by atoms with Gasteiger partial charge in [-0.2, -0.15) is 4.98 Å². The fourth-order valence-corrected chi connectivity index (χ4v) is 1.99. The van der Waals surface area contributed by atoms with Crippen LogP contribution < -0.4 is 10.6 Å². The normalized spacial score (nSPS) is 12.3. The van der Waals surface area contributed by atoms with Gasteiger partial charge < -0.3 is 15.4 Å². The van der Waals surface area contributed by atoms with Crippen LogP contribution in [0, 0.1) is 0 Å². The number of ether oxygens (including phenoxy) is 1. The van der Waals surface area contributed by atoms with E-state index in [4.69, 9.17) is 4.74 Å². The van der Waals surface area contributed by atoms with Crippen molar-refractivity contribution in [3.05, 3.63) is 24.3 Å². The lowest BCUT2D eigenvalue weighted by Crippen LogP contribution is -2.23. The summed E-state index contributed by atoms with van der Waals surface area (Å²) in [7, 11) is 0. The monoisotopic (exact) mass is 274 g/mol. The minimum absolute atomic E-state index is 0.197. The number of fused-ring (bicyclic) bond motifs is 1. The molecule has 0 aliphatic carbocycles. The molecule has 0 bridgehead atoms. The second kappa shape index (κ2) is 7.05. The first kappa shape index (κ1) is 14.5. The molecule has 5 heteroatoms. The maximum Gasteiger partial charge on any atom is 0.225 e. The molecule has 0 aliphatic rings. The molecular formula is C15H22N4O. The van der Waals surface area contributed by atoms with Gasteiger partial charge in [-0.15, -0.1) is 0 Å². The summed E-state index contributed by atoms with van der Waals surface area (Å²) in [6.45, 7) is 8.29. The zero-order valence-corrected chi connectivity index (χ0v) is 12.3. The van der Waals surface area contributed by atoms with Gasteiger partial charge in [0.05, 0.1) is 12.1 Å². The summed E-state index contributed by atoms with van der Waals surface area (Å²) in [5.41, 5.74) is 0.935. The Morgan fingerprint density at radius 3 is 2.75 bits per heavy atom. The average molecular weight is 274 g/mol. The number of aromatic nitrogens is 2. The van der Waals surface area contributed by atoms with E-state index in [-0.39, 0.29) is 6.04 Å². The minimum Gasteiger partial charge on any atom is -0.380 e. The molecule has 0 fully saturated rings. The van der Waals surface area contributed by atoms with Crippen molar-refractivity contribution in [1.29, 1.82) is 0 Å². The molecule has 1 atom stereocenters. The van der Waals surface area contributed by atoms with Gasteiger partial charge >= 0.3 is 0 Å². The summed E-state index contributed by atoms with van der Waals surface area (Å²) in [5, 5.41) is 7.59. The maximum absolute atomic E-state index is 5.44. The number of anilines is 2. The van der Waals surface area contributed by atoms with Gasteiger partial charge in [-0.05, 0) is 32.9 Å². The number of nitrogens with zero attached hydrogens (tertiary/aromatic N) is 2. The predicted octanol–water partition coefficient (Wildman–Crippen LogP) is 2.90. The number of benzene rings is 1. The topological polar surface area (TPSA) is 59.1 Å². The fourth-order valence-electron chi connectivity index (χ4n) is 1.99. The van der Waals surface area contributed by atoms with E-state index in [0.29, 0.717) is 12.6 Å². The summed E-state index contributed by atoms with van der Waals surface area (Å²) >= 11 is 0. The van der Waals surface area contributed by atoms with E-state index in [1.807, 2.05) is 38.1 Å². The Morgan fingerprint density at radius 1 is 1.20 bits per heavy atom.